The highest BCUT2D eigenvalue weighted by molar-refractivity contribution is 5.89. The molecule has 2 N–H and O–H groups in total. The number of rotatable bonds is 7. The molecule has 2 aromatic carbocycles. The summed E-state index contributed by atoms with van der Waals surface area (Å²) in [4.78, 5) is 16.9. The van der Waals surface area contributed by atoms with Crippen LogP contribution >= 0.6 is 0 Å². The highest BCUT2D eigenvalue weighted by atomic mass is 16.5. The van der Waals surface area contributed by atoms with E-state index in [9.17, 15) is 4.79 Å². The summed E-state index contributed by atoms with van der Waals surface area (Å²) in [6.07, 6.45) is 0.939. The predicted octanol–water partition coefficient (Wildman–Crippen LogP) is 3.65. The molecule has 1 saturated heterocycles. The fourth-order valence-electron chi connectivity index (χ4n) is 3.83. The number of para-hydroxylation sites is 2. The van der Waals surface area contributed by atoms with Gasteiger partial charge in [0.05, 0.1) is 12.8 Å². The van der Waals surface area contributed by atoms with Crippen LogP contribution in [0.4, 0.5) is 16.2 Å². The maximum atomic E-state index is 12.1. The Labute approximate surface area is 173 Å². The van der Waals surface area contributed by atoms with E-state index >= 15 is 0 Å². The quantitative estimate of drug-likeness (QED) is 0.702. The lowest BCUT2D eigenvalue weighted by molar-refractivity contribution is 0.244. The molecule has 0 bridgehead atoms. The number of ether oxygens (including phenoxy) is 1. The van der Waals surface area contributed by atoms with E-state index in [1.807, 2.05) is 38.1 Å². The number of carbonyl (C=O) groups is 1. The van der Waals surface area contributed by atoms with Crippen LogP contribution in [-0.2, 0) is 0 Å². The van der Waals surface area contributed by atoms with Crippen molar-refractivity contribution < 1.29 is 9.53 Å². The number of amides is 2. The SMILES string of the molecule is COc1ccccc1N1CCN(CCCNC(=O)Nc2cc(C)cc(C)c2)CC1. The molecule has 0 aromatic heterocycles. The Balaban J connectivity index is 1.35. The Morgan fingerprint density at radius 1 is 1.03 bits per heavy atom. The van der Waals surface area contributed by atoms with Crippen LogP contribution in [0.2, 0.25) is 0 Å². The zero-order chi connectivity index (χ0) is 20.6. The van der Waals surface area contributed by atoms with Crippen molar-refractivity contribution in [2.24, 2.45) is 0 Å². The second-order valence-corrected chi connectivity index (χ2v) is 7.61. The van der Waals surface area contributed by atoms with Gasteiger partial charge >= 0.3 is 6.03 Å². The van der Waals surface area contributed by atoms with E-state index in [1.165, 1.54) is 5.69 Å². The molecule has 0 radical (unpaired) electrons. The van der Waals surface area contributed by atoms with Crippen molar-refractivity contribution in [2.45, 2.75) is 20.3 Å². The van der Waals surface area contributed by atoms with Crippen molar-refractivity contribution in [3.8, 4) is 5.75 Å². The maximum absolute atomic E-state index is 12.1. The van der Waals surface area contributed by atoms with Gasteiger partial charge in [-0.15, -0.1) is 0 Å². The molecule has 0 atom stereocenters. The summed E-state index contributed by atoms with van der Waals surface area (Å²) < 4.78 is 5.48. The topological polar surface area (TPSA) is 56.8 Å². The largest absolute Gasteiger partial charge is 0.495 e. The number of hydrogen-bond donors (Lipinski definition) is 2. The molecule has 6 nitrogen and oxygen atoms in total. The number of urea groups is 1. The third kappa shape index (κ3) is 6.12. The molecule has 2 aromatic rings. The van der Waals surface area contributed by atoms with Gasteiger partial charge in [0.2, 0.25) is 0 Å². The molecule has 0 aliphatic carbocycles. The number of benzene rings is 2. The van der Waals surface area contributed by atoms with E-state index in [-0.39, 0.29) is 6.03 Å². The van der Waals surface area contributed by atoms with E-state index < -0.39 is 0 Å². The summed E-state index contributed by atoms with van der Waals surface area (Å²) >= 11 is 0. The smallest absolute Gasteiger partial charge is 0.319 e. The standard InChI is InChI=1S/C23H32N4O2/c1-18-15-19(2)17-20(16-18)25-23(28)24-9-6-10-26-11-13-27(14-12-26)21-7-4-5-8-22(21)29-3/h4-5,7-8,15-17H,6,9-14H2,1-3H3,(H2,24,25,28). The van der Waals surface area contributed by atoms with Gasteiger partial charge < -0.3 is 20.3 Å². The van der Waals surface area contributed by atoms with E-state index in [4.69, 9.17) is 4.74 Å². The average Bonchev–Trinajstić information content (AvgIpc) is 2.71. The van der Waals surface area contributed by atoms with Gasteiger partial charge in [0.15, 0.2) is 0 Å². The zero-order valence-electron chi connectivity index (χ0n) is 17.7. The maximum Gasteiger partial charge on any atom is 0.319 e. The highest BCUT2D eigenvalue weighted by Crippen LogP contribution is 2.28. The number of anilines is 2. The van der Waals surface area contributed by atoms with Crippen LogP contribution in [0.1, 0.15) is 17.5 Å². The van der Waals surface area contributed by atoms with Gasteiger partial charge in [-0.2, -0.15) is 0 Å². The van der Waals surface area contributed by atoms with Gasteiger partial charge in [-0.3, -0.25) is 4.90 Å². The molecule has 1 fully saturated rings. The van der Waals surface area contributed by atoms with Crippen molar-refractivity contribution in [1.29, 1.82) is 0 Å². The minimum atomic E-state index is -0.143. The van der Waals surface area contributed by atoms with Crippen LogP contribution in [0.25, 0.3) is 0 Å². The second-order valence-electron chi connectivity index (χ2n) is 7.61. The molecule has 156 valence electrons. The molecular formula is C23H32N4O2. The lowest BCUT2D eigenvalue weighted by atomic mass is 10.1. The fraction of sp³-hybridized carbons (Fsp3) is 0.435. The van der Waals surface area contributed by atoms with Gasteiger partial charge in [-0.25, -0.2) is 4.79 Å². The molecule has 0 saturated carbocycles. The minimum absolute atomic E-state index is 0.143. The van der Waals surface area contributed by atoms with Gasteiger partial charge in [-0.1, -0.05) is 18.2 Å². The summed E-state index contributed by atoms with van der Waals surface area (Å²) in [6, 6.07) is 14.1. The highest BCUT2D eigenvalue weighted by Gasteiger charge is 2.19. The lowest BCUT2D eigenvalue weighted by Crippen LogP contribution is -2.47. The van der Waals surface area contributed by atoms with E-state index in [0.29, 0.717) is 6.54 Å². The number of nitrogens with zero attached hydrogens (tertiary/aromatic N) is 2. The van der Waals surface area contributed by atoms with Crippen LogP contribution in [0.5, 0.6) is 5.75 Å². The van der Waals surface area contributed by atoms with Crippen LogP contribution in [0.3, 0.4) is 0 Å². The Morgan fingerprint density at radius 3 is 2.41 bits per heavy atom. The minimum Gasteiger partial charge on any atom is -0.495 e. The summed E-state index contributed by atoms with van der Waals surface area (Å²) in [5, 5.41) is 5.87. The Morgan fingerprint density at radius 2 is 1.72 bits per heavy atom. The molecule has 1 aliphatic heterocycles. The Kier molecular flexibility index (Phi) is 7.36. The number of carbonyl (C=O) groups excluding carboxylic acids is 1. The molecule has 3 rings (SSSR count). The molecule has 0 spiro atoms. The van der Waals surface area contributed by atoms with Crippen LogP contribution in [-0.4, -0.2) is 57.3 Å². The van der Waals surface area contributed by atoms with Gasteiger partial charge in [0, 0.05) is 38.4 Å². The number of aryl methyl sites for hydroxylation is 2. The number of hydrogen-bond acceptors (Lipinski definition) is 4. The van der Waals surface area contributed by atoms with Gasteiger partial charge in [0.1, 0.15) is 5.75 Å². The van der Waals surface area contributed by atoms with Crippen molar-refractivity contribution in [2.75, 3.05) is 56.6 Å². The first kappa shape index (κ1) is 21.0. The molecule has 0 unspecified atom stereocenters. The molecule has 1 aliphatic rings. The van der Waals surface area contributed by atoms with Crippen molar-refractivity contribution >= 4 is 17.4 Å². The molecule has 29 heavy (non-hydrogen) atoms. The third-order valence-electron chi connectivity index (χ3n) is 5.21. The summed E-state index contributed by atoms with van der Waals surface area (Å²) in [7, 11) is 1.72. The monoisotopic (exact) mass is 396 g/mol. The van der Waals surface area contributed by atoms with E-state index in [2.05, 4.69) is 38.6 Å². The number of nitrogens with one attached hydrogen (secondary N) is 2. The van der Waals surface area contributed by atoms with Crippen LogP contribution in [0.15, 0.2) is 42.5 Å². The van der Waals surface area contributed by atoms with Crippen molar-refractivity contribution in [1.82, 2.24) is 10.2 Å². The lowest BCUT2D eigenvalue weighted by Gasteiger charge is -2.36. The van der Waals surface area contributed by atoms with Crippen LogP contribution < -0.4 is 20.3 Å². The van der Waals surface area contributed by atoms with Crippen LogP contribution in [0, 0.1) is 13.8 Å². The molecule has 1 heterocycles. The zero-order valence-corrected chi connectivity index (χ0v) is 17.7. The number of methoxy groups -OCH3 is 1. The summed E-state index contributed by atoms with van der Waals surface area (Å²) in [5.41, 5.74) is 4.30. The van der Waals surface area contributed by atoms with E-state index in [1.54, 1.807) is 7.11 Å². The van der Waals surface area contributed by atoms with Crippen molar-refractivity contribution in [3.05, 3.63) is 53.6 Å². The first-order valence-corrected chi connectivity index (χ1v) is 10.3. The molecule has 6 heteroatoms. The van der Waals surface area contributed by atoms with E-state index in [0.717, 1.165) is 61.7 Å². The summed E-state index contributed by atoms with van der Waals surface area (Å²) in [5.74, 6) is 0.931. The number of piperazine rings is 1. The average molecular weight is 397 g/mol. The third-order valence-corrected chi connectivity index (χ3v) is 5.21. The fourth-order valence-corrected chi connectivity index (χ4v) is 3.83. The first-order valence-electron chi connectivity index (χ1n) is 10.3. The predicted molar refractivity (Wildman–Crippen MR) is 119 cm³/mol. The molecular weight excluding hydrogens is 364 g/mol. The Hall–Kier alpha value is -2.73. The van der Waals surface area contributed by atoms with Crippen molar-refractivity contribution in [3.63, 3.8) is 0 Å². The molecule has 2 amide bonds. The normalized spacial score (nSPS) is 14.5. The van der Waals surface area contributed by atoms with Gasteiger partial charge in [0.25, 0.3) is 0 Å². The summed E-state index contributed by atoms with van der Waals surface area (Å²) in [6.45, 7) is 9.74. The Bertz CT molecular complexity index is 796. The first-order chi connectivity index (χ1) is 14.0. The second kappa shape index (κ2) is 10.2. The van der Waals surface area contributed by atoms with Gasteiger partial charge in [-0.05, 0) is 62.2 Å².